The number of amides is 1. The van der Waals surface area contributed by atoms with E-state index in [1.165, 1.54) is 0 Å². The monoisotopic (exact) mass is 204 g/mol. The highest BCUT2D eigenvalue weighted by atomic mass is 16.1. The number of anilines is 1. The van der Waals surface area contributed by atoms with E-state index in [0.29, 0.717) is 18.2 Å². The number of carbonyl (C=O) groups is 1. The number of nitrogens with one attached hydrogen (secondary N) is 1. The molecule has 0 aliphatic heterocycles. The molecule has 1 saturated carbocycles. The van der Waals surface area contributed by atoms with E-state index in [2.05, 4.69) is 5.32 Å². The molecule has 0 atom stereocenters. The second kappa shape index (κ2) is 3.93. The molecular weight excluding hydrogens is 188 g/mol. The number of benzene rings is 1. The van der Waals surface area contributed by atoms with Crippen LogP contribution in [0.25, 0.3) is 0 Å². The van der Waals surface area contributed by atoms with Gasteiger partial charge in [-0.3, -0.25) is 4.79 Å². The summed E-state index contributed by atoms with van der Waals surface area (Å²) in [5.74, 6) is 0.0769. The summed E-state index contributed by atoms with van der Waals surface area (Å²) >= 11 is 0. The molecule has 3 heteroatoms. The van der Waals surface area contributed by atoms with Gasteiger partial charge >= 0.3 is 0 Å². The van der Waals surface area contributed by atoms with Crippen molar-refractivity contribution in [3.8, 4) is 0 Å². The third-order valence-electron chi connectivity index (χ3n) is 2.59. The summed E-state index contributed by atoms with van der Waals surface area (Å²) in [4.78, 5) is 11.5. The van der Waals surface area contributed by atoms with Crippen LogP contribution < -0.4 is 11.1 Å². The van der Waals surface area contributed by atoms with Gasteiger partial charge in [0.1, 0.15) is 0 Å². The Balaban J connectivity index is 1.99. The smallest absolute Gasteiger partial charge is 0.224 e. The van der Waals surface area contributed by atoms with Crippen LogP contribution in [0.3, 0.4) is 0 Å². The van der Waals surface area contributed by atoms with Crippen LogP contribution in [0, 0.1) is 6.92 Å². The Morgan fingerprint density at radius 3 is 2.87 bits per heavy atom. The Bertz CT molecular complexity index is 383. The predicted molar refractivity (Wildman–Crippen MR) is 60.5 cm³/mol. The molecule has 0 bridgehead atoms. The van der Waals surface area contributed by atoms with Crippen LogP contribution in [0.15, 0.2) is 18.2 Å². The van der Waals surface area contributed by atoms with E-state index in [9.17, 15) is 4.79 Å². The average molecular weight is 204 g/mol. The van der Waals surface area contributed by atoms with Gasteiger partial charge < -0.3 is 11.1 Å². The van der Waals surface area contributed by atoms with Crippen LogP contribution in [-0.2, 0) is 11.2 Å². The molecule has 0 aromatic heterocycles. The minimum Gasteiger partial charge on any atom is -0.398 e. The molecule has 1 amide bonds. The molecule has 2 rings (SSSR count). The van der Waals surface area contributed by atoms with Crippen molar-refractivity contribution in [1.82, 2.24) is 5.32 Å². The van der Waals surface area contributed by atoms with Crippen molar-refractivity contribution in [3.63, 3.8) is 0 Å². The molecule has 0 spiro atoms. The lowest BCUT2D eigenvalue weighted by atomic mass is 10.1. The SMILES string of the molecule is Cc1ccc(CC(=O)NC2CC2)c(N)c1. The van der Waals surface area contributed by atoms with Crippen LogP contribution in [0.4, 0.5) is 5.69 Å². The first-order chi connectivity index (χ1) is 7.15. The maximum absolute atomic E-state index is 11.5. The molecular formula is C12H16N2O. The summed E-state index contributed by atoms with van der Waals surface area (Å²) in [5, 5.41) is 2.95. The van der Waals surface area contributed by atoms with Crippen molar-refractivity contribution in [2.24, 2.45) is 0 Å². The molecule has 15 heavy (non-hydrogen) atoms. The quantitative estimate of drug-likeness (QED) is 0.731. The molecule has 1 aromatic carbocycles. The summed E-state index contributed by atoms with van der Waals surface area (Å²) in [5.41, 5.74) is 8.58. The lowest BCUT2D eigenvalue weighted by Crippen LogP contribution is -2.27. The van der Waals surface area contributed by atoms with Crippen LogP contribution in [0.5, 0.6) is 0 Å². The fourth-order valence-corrected chi connectivity index (χ4v) is 1.55. The van der Waals surface area contributed by atoms with Gasteiger partial charge in [0.05, 0.1) is 6.42 Å². The predicted octanol–water partition coefficient (Wildman–Crippen LogP) is 1.40. The molecule has 1 aromatic rings. The zero-order valence-electron chi connectivity index (χ0n) is 8.92. The van der Waals surface area contributed by atoms with Crippen molar-refractivity contribution in [2.75, 3.05) is 5.73 Å². The minimum absolute atomic E-state index is 0.0769. The number of carbonyl (C=O) groups excluding carboxylic acids is 1. The molecule has 3 nitrogen and oxygen atoms in total. The Morgan fingerprint density at radius 2 is 2.27 bits per heavy atom. The summed E-state index contributed by atoms with van der Waals surface area (Å²) in [7, 11) is 0. The van der Waals surface area contributed by atoms with Gasteiger partial charge in [-0.25, -0.2) is 0 Å². The average Bonchev–Trinajstić information content (AvgIpc) is 2.94. The fraction of sp³-hybridized carbons (Fsp3) is 0.417. The number of nitrogen functional groups attached to an aromatic ring is 1. The van der Waals surface area contributed by atoms with E-state index in [0.717, 1.165) is 24.0 Å². The lowest BCUT2D eigenvalue weighted by molar-refractivity contribution is -0.120. The molecule has 3 N–H and O–H groups in total. The van der Waals surface area contributed by atoms with Crippen molar-refractivity contribution in [1.29, 1.82) is 0 Å². The lowest BCUT2D eigenvalue weighted by Gasteiger charge is -2.07. The minimum atomic E-state index is 0.0769. The highest BCUT2D eigenvalue weighted by molar-refractivity contribution is 5.80. The summed E-state index contributed by atoms with van der Waals surface area (Å²) in [6.07, 6.45) is 2.63. The van der Waals surface area contributed by atoms with Crippen LogP contribution in [0.2, 0.25) is 0 Å². The van der Waals surface area contributed by atoms with Crippen molar-refractivity contribution < 1.29 is 4.79 Å². The molecule has 1 aliphatic carbocycles. The number of hydrogen-bond donors (Lipinski definition) is 2. The Hall–Kier alpha value is -1.51. The van der Waals surface area contributed by atoms with Gasteiger partial charge in [-0.15, -0.1) is 0 Å². The highest BCUT2D eigenvalue weighted by Gasteiger charge is 2.23. The molecule has 1 fully saturated rings. The number of nitrogens with two attached hydrogens (primary N) is 1. The van der Waals surface area contributed by atoms with Gasteiger partial charge in [0, 0.05) is 11.7 Å². The van der Waals surface area contributed by atoms with Gasteiger partial charge in [0.25, 0.3) is 0 Å². The van der Waals surface area contributed by atoms with E-state index in [4.69, 9.17) is 5.73 Å². The highest BCUT2D eigenvalue weighted by Crippen LogP contribution is 2.19. The largest absolute Gasteiger partial charge is 0.398 e. The summed E-state index contributed by atoms with van der Waals surface area (Å²) in [6, 6.07) is 6.23. The Labute approximate surface area is 89.7 Å². The van der Waals surface area contributed by atoms with Crippen molar-refractivity contribution >= 4 is 11.6 Å². The zero-order valence-corrected chi connectivity index (χ0v) is 8.92. The van der Waals surface area contributed by atoms with Gasteiger partial charge in [-0.1, -0.05) is 12.1 Å². The van der Waals surface area contributed by atoms with E-state index in [-0.39, 0.29) is 5.91 Å². The Kier molecular flexibility index (Phi) is 2.62. The zero-order chi connectivity index (χ0) is 10.8. The van der Waals surface area contributed by atoms with Crippen molar-refractivity contribution in [2.45, 2.75) is 32.2 Å². The maximum atomic E-state index is 11.5. The fourth-order valence-electron chi connectivity index (χ4n) is 1.55. The molecule has 1 aliphatic rings. The standard InChI is InChI=1S/C12H16N2O/c1-8-2-3-9(11(13)6-8)7-12(15)14-10-4-5-10/h2-3,6,10H,4-5,7,13H2,1H3,(H,14,15). The summed E-state index contributed by atoms with van der Waals surface area (Å²) < 4.78 is 0. The molecule has 0 unspecified atom stereocenters. The second-order valence-corrected chi connectivity index (χ2v) is 4.22. The molecule has 0 saturated heterocycles. The molecule has 0 radical (unpaired) electrons. The topological polar surface area (TPSA) is 55.1 Å². The van der Waals surface area contributed by atoms with E-state index in [1.54, 1.807) is 0 Å². The number of rotatable bonds is 3. The van der Waals surface area contributed by atoms with E-state index in [1.807, 2.05) is 25.1 Å². The first kappa shape index (κ1) is 10.0. The molecule has 80 valence electrons. The summed E-state index contributed by atoms with van der Waals surface area (Å²) in [6.45, 7) is 1.99. The van der Waals surface area contributed by atoms with Crippen LogP contribution in [-0.4, -0.2) is 11.9 Å². The van der Waals surface area contributed by atoms with Gasteiger partial charge in [0.2, 0.25) is 5.91 Å². The second-order valence-electron chi connectivity index (χ2n) is 4.22. The first-order valence-corrected chi connectivity index (χ1v) is 5.29. The van der Waals surface area contributed by atoms with Gasteiger partial charge in [0.15, 0.2) is 0 Å². The number of hydrogen-bond acceptors (Lipinski definition) is 2. The van der Waals surface area contributed by atoms with Gasteiger partial charge in [-0.05, 0) is 37.0 Å². The van der Waals surface area contributed by atoms with Crippen molar-refractivity contribution in [3.05, 3.63) is 29.3 Å². The van der Waals surface area contributed by atoms with E-state index < -0.39 is 0 Å². The molecule has 0 heterocycles. The van der Waals surface area contributed by atoms with Crippen LogP contribution >= 0.6 is 0 Å². The van der Waals surface area contributed by atoms with Crippen LogP contribution in [0.1, 0.15) is 24.0 Å². The third-order valence-corrected chi connectivity index (χ3v) is 2.59. The number of aryl methyl sites for hydroxylation is 1. The van der Waals surface area contributed by atoms with Gasteiger partial charge in [-0.2, -0.15) is 0 Å². The van der Waals surface area contributed by atoms with E-state index >= 15 is 0 Å². The first-order valence-electron chi connectivity index (χ1n) is 5.29. The third kappa shape index (κ3) is 2.72. The normalized spacial score (nSPS) is 15.0. The Morgan fingerprint density at radius 1 is 1.53 bits per heavy atom. The maximum Gasteiger partial charge on any atom is 0.224 e.